The molecule has 0 bridgehead atoms. The highest BCUT2D eigenvalue weighted by Gasteiger charge is 2.18. The van der Waals surface area contributed by atoms with Gasteiger partial charge in [0.25, 0.3) is 11.6 Å². The largest absolute Gasteiger partial charge is 0.480 e. The minimum absolute atomic E-state index is 0.112. The van der Waals surface area contributed by atoms with Gasteiger partial charge in [-0.15, -0.1) is 0 Å². The third-order valence-corrected chi connectivity index (χ3v) is 3.37. The van der Waals surface area contributed by atoms with Crippen LogP contribution in [0.25, 0.3) is 0 Å². The van der Waals surface area contributed by atoms with E-state index >= 15 is 0 Å². The SMILES string of the molecule is Cc1ccc([N+](=O)[O-])cc1NC(=O)C(C)Oc1ccccc1C#N. The molecule has 7 heteroatoms. The summed E-state index contributed by atoms with van der Waals surface area (Å²) in [6, 6.07) is 12.8. The number of carbonyl (C=O) groups excluding carboxylic acids is 1. The van der Waals surface area contributed by atoms with Gasteiger partial charge in [-0.25, -0.2) is 0 Å². The van der Waals surface area contributed by atoms with Gasteiger partial charge in [0.1, 0.15) is 11.8 Å². The van der Waals surface area contributed by atoms with E-state index in [9.17, 15) is 14.9 Å². The second-order valence-corrected chi connectivity index (χ2v) is 5.11. The van der Waals surface area contributed by atoms with E-state index in [0.29, 0.717) is 22.6 Å². The van der Waals surface area contributed by atoms with Crippen LogP contribution in [0.15, 0.2) is 42.5 Å². The van der Waals surface area contributed by atoms with Crippen LogP contribution < -0.4 is 10.1 Å². The van der Waals surface area contributed by atoms with Gasteiger partial charge in [0.15, 0.2) is 6.10 Å². The Morgan fingerprint density at radius 2 is 2.04 bits per heavy atom. The van der Waals surface area contributed by atoms with E-state index < -0.39 is 16.9 Å². The first kappa shape index (κ1) is 17.0. The van der Waals surface area contributed by atoms with Gasteiger partial charge in [-0.2, -0.15) is 5.26 Å². The molecule has 1 N–H and O–H groups in total. The molecule has 24 heavy (non-hydrogen) atoms. The third-order valence-electron chi connectivity index (χ3n) is 3.37. The van der Waals surface area contributed by atoms with Crippen LogP contribution in [0.4, 0.5) is 11.4 Å². The summed E-state index contributed by atoms with van der Waals surface area (Å²) in [5.41, 5.74) is 1.25. The fourth-order valence-corrected chi connectivity index (χ4v) is 2.00. The van der Waals surface area contributed by atoms with Crippen LogP contribution in [0.3, 0.4) is 0 Å². The Kier molecular flexibility index (Phi) is 5.12. The monoisotopic (exact) mass is 325 g/mol. The Bertz CT molecular complexity index is 827. The standard InChI is InChI=1S/C17H15N3O4/c1-11-7-8-14(20(22)23)9-15(11)19-17(21)12(2)24-16-6-4-3-5-13(16)10-18/h3-9,12H,1-2H3,(H,19,21). The third kappa shape index (κ3) is 3.87. The highest BCUT2D eigenvalue weighted by molar-refractivity contribution is 5.95. The highest BCUT2D eigenvalue weighted by atomic mass is 16.6. The molecule has 1 unspecified atom stereocenters. The number of non-ortho nitro benzene ring substituents is 1. The fraction of sp³-hybridized carbons (Fsp3) is 0.176. The van der Waals surface area contributed by atoms with Gasteiger partial charge in [0, 0.05) is 12.1 Å². The molecule has 7 nitrogen and oxygen atoms in total. The zero-order valence-electron chi connectivity index (χ0n) is 13.1. The quantitative estimate of drug-likeness (QED) is 0.671. The lowest BCUT2D eigenvalue weighted by atomic mass is 10.1. The van der Waals surface area contributed by atoms with Crippen molar-refractivity contribution in [1.29, 1.82) is 5.26 Å². The molecule has 0 aliphatic heterocycles. The second kappa shape index (κ2) is 7.24. The molecule has 2 rings (SSSR count). The first-order valence-corrected chi connectivity index (χ1v) is 7.14. The predicted molar refractivity (Wildman–Crippen MR) is 87.7 cm³/mol. The zero-order valence-corrected chi connectivity index (χ0v) is 13.1. The lowest BCUT2D eigenvalue weighted by molar-refractivity contribution is -0.384. The number of ether oxygens (including phenoxy) is 1. The fourth-order valence-electron chi connectivity index (χ4n) is 2.00. The molecule has 122 valence electrons. The van der Waals surface area contributed by atoms with E-state index in [1.165, 1.54) is 19.1 Å². The van der Waals surface area contributed by atoms with Crippen LogP contribution in [0.5, 0.6) is 5.75 Å². The number of rotatable bonds is 5. The van der Waals surface area contributed by atoms with Crippen LogP contribution in [0, 0.1) is 28.4 Å². The van der Waals surface area contributed by atoms with E-state index in [0.717, 1.165) is 0 Å². The molecule has 0 aromatic heterocycles. The molecule has 0 spiro atoms. The summed E-state index contributed by atoms with van der Waals surface area (Å²) in [4.78, 5) is 22.6. The van der Waals surface area contributed by atoms with Crippen molar-refractivity contribution in [3.8, 4) is 11.8 Å². The van der Waals surface area contributed by atoms with Crippen molar-refractivity contribution in [3.05, 3.63) is 63.7 Å². The molecule has 1 atom stereocenters. The topological polar surface area (TPSA) is 105 Å². The maximum absolute atomic E-state index is 12.3. The molecule has 1 amide bonds. The Morgan fingerprint density at radius 1 is 1.33 bits per heavy atom. The summed E-state index contributed by atoms with van der Waals surface area (Å²) >= 11 is 0. The Hall–Kier alpha value is -3.40. The number of amides is 1. The van der Waals surface area contributed by atoms with E-state index in [4.69, 9.17) is 10.00 Å². The zero-order chi connectivity index (χ0) is 17.7. The number of nitrogens with one attached hydrogen (secondary N) is 1. The number of nitriles is 1. The normalized spacial score (nSPS) is 11.2. The lowest BCUT2D eigenvalue weighted by Gasteiger charge is -2.16. The lowest BCUT2D eigenvalue weighted by Crippen LogP contribution is -2.30. The molecule has 2 aromatic rings. The summed E-state index contributed by atoms with van der Waals surface area (Å²) in [6.45, 7) is 3.27. The summed E-state index contributed by atoms with van der Waals surface area (Å²) in [7, 11) is 0. The maximum Gasteiger partial charge on any atom is 0.271 e. The van der Waals surface area contributed by atoms with E-state index in [2.05, 4.69) is 5.32 Å². The van der Waals surface area contributed by atoms with Crippen molar-refractivity contribution in [3.63, 3.8) is 0 Å². The van der Waals surface area contributed by atoms with Gasteiger partial charge in [0.05, 0.1) is 16.2 Å². The number of hydrogen-bond acceptors (Lipinski definition) is 5. The number of nitrogens with zero attached hydrogens (tertiary/aromatic N) is 2. The van der Waals surface area contributed by atoms with Gasteiger partial charge in [-0.3, -0.25) is 14.9 Å². The van der Waals surface area contributed by atoms with Crippen molar-refractivity contribution >= 4 is 17.3 Å². The minimum atomic E-state index is -0.877. The van der Waals surface area contributed by atoms with Crippen molar-refractivity contribution in [2.24, 2.45) is 0 Å². The van der Waals surface area contributed by atoms with Crippen molar-refractivity contribution in [1.82, 2.24) is 0 Å². The molecular weight excluding hydrogens is 310 g/mol. The number of hydrogen-bond donors (Lipinski definition) is 1. The first-order chi connectivity index (χ1) is 11.4. The summed E-state index contributed by atoms with van der Waals surface area (Å²) in [6.07, 6.45) is -0.877. The van der Waals surface area contributed by atoms with E-state index in [-0.39, 0.29) is 5.69 Å². The summed E-state index contributed by atoms with van der Waals surface area (Å²) in [5, 5.41) is 22.5. The van der Waals surface area contributed by atoms with Gasteiger partial charge in [-0.1, -0.05) is 18.2 Å². The number of anilines is 1. The summed E-state index contributed by atoms with van der Waals surface area (Å²) < 4.78 is 5.52. The maximum atomic E-state index is 12.3. The number of carbonyl (C=O) groups is 1. The van der Waals surface area contributed by atoms with Crippen LogP contribution >= 0.6 is 0 Å². The number of para-hydroxylation sites is 1. The Balaban J connectivity index is 2.14. The first-order valence-electron chi connectivity index (χ1n) is 7.14. The average Bonchev–Trinajstić information content (AvgIpc) is 2.57. The molecule has 0 radical (unpaired) electrons. The molecule has 0 heterocycles. The Labute approximate surface area is 138 Å². The Morgan fingerprint density at radius 3 is 2.71 bits per heavy atom. The smallest absolute Gasteiger partial charge is 0.271 e. The van der Waals surface area contributed by atoms with Crippen LogP contribution in [0.1, 0.15) is 18.1 Å². The van der Waals surface area contributed by atoms with Gasteiger partial charge < -0.3 is 10.1 Å². The predicted octanol–water partition coefficient (Wildman–Crippen LogP) is 3.18. The molecule has 0 saturated carbocycles. The van der Waals surface area contributed by atoms with Crippen LogP contribution in [0.2, 0.25) is 0 Å². The van der Waals surface area contributed by atoms with Gasteiger partial charge in [0.2, 0.25) is 0 Å². The van der Waals surface area contributed by atoms with E-state index in [1.54, 1.807) is 37.3 Å². The highest BCUT2D eigenvalue weighted by Crippen LogP contribution is 2.23. The number of aryl methyl sites for hydroxylation is 1. The van der Waals surface area contributed by atoms with Crippen molar-refractivity contribution in [2.45, 2.75) is 20.0 Å². The average molecular weight is 325 g/mol. The molecule has 2 aromatic carbocycles. The van der Waals surface area contributed by atoms with Crippen molar-refractivity contribution in [2.75, 3.05) is 5.32 Å². The molecule has 0 aliphatic carbocycles. The van der Waals surface area contributed by atoms with Crippen LogP contribution in [-0.2, 0) is 4.79 Å². The molecular formula is C17H15N3O4. The number of nitro groups is 1. The molecule has 0 saturated heterocycles. The van der Waals surface area contributed by atoms with Crippen LogP contribution in [-0.4, -0.2) is 16.9 Å². The molecule has 0 fully saturated rings. The minimum Gasteiger partial charge on any atom is -0.480 e. The number of benzene rings is 2. The van der Waals surface area contributed by atoms with E-state index in [1.807, 2.05) is 6.07 Å². The summed E-state index contributed by atoms with van der Waals surface area (Å²) in [5.74, 6) is -0.162. The van der Waals surface area contributed by atoms with Crippen molar-refractivity contribution < 1.29 is 14.5 Å². The number of nitro benzene ring substituents is 1. The molecule has 0 aliphatic rings. The van der Waals surface area contributed by atoms with Gasteiger partial charge in [-0.05, 0) is 31.5 Å². The van der Waals surface area contributed by atoms with Gasteiger partial charge >= 0.3 is 0 Å². The second-order valence-electron chi connectivity index (χ2n) is 5.11.